The molecule has 0 saturated heterocycles. The molecule has 0 spiro atoms. The Morgan fingerprint density at radius 2 is 1.11 bits per heavy atom. The van der Waals surface area contributed by atoms with Crippen molar-refractivity contribution < 1.29 is 4.74 Å². The zero-order chi connectivity index (χ0) is 29.9. The van der Waals surface area contributed by atoms with Crippen LogP contribution in [0, 0.1) is 0 Å². The van der Waals surface area contributed by atoms with Crippen LogP contribution in [0.5, 0.6) is 5.75 Å². The van der Waals surface area contributed by atoms with Crippen LogP contribution in [-0.4, -0.2) is 20.2 Å². The number of rotatable bonds is 2. The van der Waals surface area contributed by atoms with E-state index in [4.69, 9.17) is 4.74 Å². The number of hydrogen-bond donors (Lipinski definition) is 1. The highest BCUT2D eigenvalue weighted by Crippen LogP contribution is 2.45. The third-order valence-corrected chi connectivity index (χ3v) is 10.2. The Morgan fingerprint density at radius 1 is 0.500 bits per heavy atom. The molecule has 2 atom stereocenters. The number of nitrogens with zero attached hydrogens (tertiary/aromatic N) is 2. The first-order valence-electron chi connectivity index (χ1n) is 15.9. The molecule has 1 aliphatic carbocycles. The molecule has 2 aliphatic rings. The van der Waals surface area contributed by atoms with Crippen LogP contribution >= 0.6 is 0 Å². The van der Waals surface area contributed by atoms with E-state index in [-0.39, 0.29) is 12.0 Å². The Labute approximate surface area is 264 Å². The first-order valence-corrected chi connectivity index (χ1v) is 15.9. The van der Waals surface area contributed by atoms with Gasteiger partial charge in [0.2, 0.25) is 0 Å². The van der Waals surface area contributed by atoms with Gasteiger partial charge in [0.25, 0.3) is 0 Å². The molecule has 4 heteroatoms. The van der Waals surface area contributed by atoms with Crippen molar-refractivity contribution in [2.24, 2.45) is 0 Å². The Balaban J connectivity index is 1.21. The predicted octanol–water partition coefficient (Wildman–Crippen LogP) is 10.5. The number of hydrogen-bond acceptors (Lipinski definition) is 1. The zero-order valence-electron chi connectivity index (χ0n) is 24.8. The summed E-state index contributed by atoms with van der Waals surface area (Å²) in [4.78, 5) is 3.59. The summed E-state index contributed by atoms with van der Waals surface area (Å²) in [6.45, 7) is 0. The van der Waals surface area contributed by atoms with E-state index in [2.05, 4.69) is 160 Å². The van der Waals surface area contributed by atoms with Crippen LogP contribution in [0.25, 0.3) is 76.8 Å². The summed E-state index contributed by atoms with van der Waals surface area (Å²) in [7, 11) is 0. The lowest BCUT2D eigenvalue weighted by molar-refractivity contribution is 0.269. The number of aromatic nitrogens is 3. The van der Waals surface area contributed by atoms with Gasteiger partial charge in [-0.1, -0.05) is 72.8 Å². The molecule has 0 saturated carbocycles. The average Bonchev–Trinajstić information content (AvgIpc) is 3.85. The van der Waals surface area contributed by atoms with Crippen molar-refractivity contribution in [1.82, 2.24) is 14.1 Å². The number of aromatic amines is 1. The van der Waals surface area contributed by atoms with E-state index in [0.29, 0.717) is 0 Å². The van der Waals surface area contributed by atoms with Gasteiger partial charge in [0.05, 0.1) is 22.1 Å². The van der Waals surface area contributed by atoms with Crippen molar-refractivity contribution in [2.45, 2.75) is 12.0 Å². The number of nitrogens with one attached hydrogen (secondary N) is 1. The molecule has 2 unspecified atom stereocenters. The van der Waals surface area contributed by atoms with Crippen molar-refractivity contribution in [2.75, 3.05) is 0 Å². The van der Waals surface area contributed by atoms with Gasteiger partial charge in [0.15, 0.2) is 0 Å². The summed E-state index contributed by atoms with van der Waals surface area (Å²) in [6.07, 6.45) is 8.71. The number of allylic oxidation sites excluding steroid dienone is 2. The van der Waals surface area contributed by atoms with Gasteiger partial charge in [0.1, 0.15) is 11.9 Å². The van der Waals surface area contributed by atoms with Gasteiger partial charge in [-0.15, -0.1) is 0 Å². The summed E-state index contributed by atoms with van der Waals surface area (Å²) in [5, 5.41) is 7.57. The number of para-hydroxylation sites is 3. The first-order chi connectivity index (χ1) is 22.8. The fourth-order valence-corrected chi connectivity index (χ4v) is 8.22. The minimum atomic E-state index is 0.0719. The topological polar surface area (TPSA) is 34.9 Å². The third-order valence-electron chi connectivity index (χ3n) is 10.2. The number of H-pyrrole nitrogens is 1. The SMILES string of the molecule is C1=CC2Oc3ccc(-n4c5ccccc5c5c6c7ccccc7n(-c7ccc8[nH]c9ccccc9c8c7)c6ccc54)cc3C2C=C1. The molecule has 4 nitrogen and oxygen atoms in total. The summed E-state index contributed by atoms with van der Waals surface area (Å²) in [6, 6.07) is 44.3. The van der Waals surface area contributed by atoms with Crippen LogP contribution in [-0.2, 0) is 0 Å². The minimum absolute atomic E-state index is 0.0719. The van der Waals surface area contributed by atoms with Crippen molar-refractivity contribution in [3.63, 3.8) is 0 Å². The quantitative estimate of drug-likeness (QED) is 0.214. The molecule has 0 bridgehead atoms. The smallest absolute Gasteiger partial charge is 0.128 e. The second-order valence-corrected chi connectivity index (χ2v) is 12.6. The molecule has 216 valence electrons. The molecule has 46 heavy (non-hydrogen) atoms. The molecule has 1 N–H and O–H groups in total. The second kappa shape index (κ2) is 8.80. The first kappa shape index (κ1) is 24.3. The molecule has 3 aromatic heterocycles. The lowest BCUT2D eigenvalue weighted by atomic mass is 9.92. The fraction of sp³-hybridized carbons (Fsp3) is 0.0476. The Morgan fingerprint density at radius 3 is 1.87 bits per heavy atom. The molecule has 11 rings (SSSR count). The minimum Gasteiger partial charge on any atom is -0.485 e. The van der Waals surface area contributed by atoms with Gasteiger partial charge in [-0.2, -0.15) is 0 Å². The van der Waals surface area contributed by atoms with Crippen LogP contribution in [0.15, 0.2) is 146 Å². The van der Waals surface area contributed by atoms with Gasteiger partial charge >= 0.3 is 0 Å². The maximum Gasteiger partial charge on any atom is 0.128 e. The van der Waals surface area contributed by atoms with Gasteiger partial charge in [-0.05, 0) is 72.8 Å². The molecule has 0 radical (unpaired) electrons. The van der Waals surface area contributed by atoms with E-state index in [1.54, 1.807) is 0 Å². The standard InChI is InChI=1S/C42H27N3O/c1-5-13-33-27(9-1)31-23-25(17-19-34(31)43-33)44-35-14-6-2-11-29(35)41-37(44)20-21-38-42(41)30-12-3-7-15-36(30)45(38)26-18-22-40-32(24-26)28-10-4-8-16-39(28)46-40/h1-24,28,39,43H. The maximum atomic E-state index is 6.30. The highest BCUT2D eigenvalue weighted by Gasteiger charge is 2.32. The summed E-state index contributed by atoms with van der Waals surface area (Å²) in [5.74, 6) is 1.22. The number of benzene rings is 6. The fourth-order valence-electron chi connectivity index (χ4n) is 8.22. The molecule has 4 heterocycles. The van der Waals surface area contributed by atoms with Gasteiger partial charge < -0.3 is 18.9 Å². The van der Waals surface area contributed by atoms with Crippen LogP contribution in [0.2, 0.25) is 0 Å². The van der Waals surface area contributed by atoms with Crippen molar-refractivity contribution in [3.8, 4) is 17.1 Å². The Bertz CT molecular complexity index is 2800. The van der Waals surface area contributed by atoms with Crippen LogP contribution in [0.3, 0.4) is 0 Å². The van der Waals surface area contributed by atoms with Crippen molar-refractivity contribution >= 4 is 65.4 Å². The van der Waals surface area contributed by atoms with E-state index in [9.17, 15) is 0 Å². The van der Waals surface area contributed by atoms with E-state index in [0.717, 1.165) is 28.2 Å². The third kappa shape index (κ3) is 3.13. The van der Waals surface area contributed by atoms with E-state index in [1.165, 1.54) is 59.9 Å². The van der Waals surface area contributed by atoms with Crippen LogP contribution in [0.4, 0.5) is 0 Å². The molecule has 9 aromatic rings. The normalized spacial score (nSPS) is 17.1. The van der Waals surface area contributed by atoms with Crippen molar-refractivity contribution in [1.29, 1.82) is 0 Å². The average molecular weight is 590 g/mol. The van der Waals surface area contributed by atoms with E-state index in [1.807, 2.05) is 0 Å². The van der Waals surface area contributed by atoms with Crippen molar-refractivity contribution in [3.05, 3.63) is 151 Å². The number of fused-ring (bicyclic) bond motifs is 13. The molecule has 6 aromatic carbocycles. The highest BCUT2D eigenvalue weighted by atomic mass is 16.5. The lowest BCUT2D eigenvalue weighted by Crippen LogP contribution is -2.15. The highest BCUT2D eigenvalue weighted by molar-refractivity contribution is 6.29. The van der Waals surface area contributed by atoms with Crippen LogP contribution < -0.4 is 4.74 Å². The van der Waals surface area contributed by atoms with Gasteiger partial charge in [-0.3, -0.25) is 0 Å². The maximum absolute atomic E-state index is 6.30. The lowest BCUT2D eigenvalue weighted by Gasteiger charge is -2.14. The Kier molecular flexibility index (Phi) is 4.66. The monoisotopic (exact) mass is 589 g/mol. The van der Waals surface area contributed by atoms with E-state index < -0.39 is 0 Å². The zero-order valence-corrected chi connectivity index (χ0v) is 24.8. The molecule has 0 amide bonds. The van der Waals surface area contributed by atoms with Gasteiger partial charge in [-0.25, -0.2) is 0 Å². The molecule has 0 fully saturated rings. The number of ether oxygens (including phenoxy) is 1. The predicted molar refractivity (Wildman–Crippen MR) is 190 cm³/mol. The second-order valence-electron chi connectivity index (χ2n) is 12.6. The van der Waals surface area contributed by atoms with Gasteiger partial charge in [0, 0.05) is 66.2 Å². The van der Waals surface area contributed by atoms with Crippen LogP contribution in [0.1, 0.15) is 11.5 Å². The summed E-state index contributed by atoms with van der Waals surface area (Å²) in [5.41, 5.74) is 10.7. The van der Waals surface area contributed by atoms with E-state index >= 15 is 0 Å². The Hall–Kier alpha value is -6.00. The summed E-state index contributed by atoms with van der Waals surface area (Å²) >= 11 is 0. The molecular formula is C42H27N3O. The molecular weight excluding hydrogens is 562 g/mol. The molecule has 1 aliphatic heterocycles. The largest absolute Gasteiger partial charge is 0.485 e. The summed E-state index contributed by atoms with van der Waals surface area (Å²) < 4.78 is 11.2.